The van der Waals surface area contributed by atoms with Crippen molar-refractivity contribution >= 4 is 5.97 Å². The number of hydrogen-bond acceptors (Lipinski definition) is 2. The van der Waals surface area contributed by atoms with Crippen LogP contribution in [0.25, 0.3) is 0 Å². The second-order valence-electron chi connectivity index (χ2n) is 5.91. The molecule has 0 aliphatic carbocycles. The van der Waals surface area contributed by atoms with Gasteiger partial charge in [0.1, 0.15) is 0 Å². The largest absolute Gasteiger partial charge is 0.466 e. The standard InChI is InChI=1S/C21H36O2/c1-3-5-6-7-8-9-10-11-12-13-14-15-16-17-18-19-21(22)23-20-4-2/h7-12H,3-6,13-20H2,1-2H3. The lowest BCUT2D eigenvalue weighted by atomic mass is 10.1. The van der Waals surface area contributed by atoms with E-state index in [1.54, 1.807) is 0 Å². The first kappa shape index (κ1) is 21.7. The Balaban J connectivity index is 3.32. The first-order valence-electron chi connectivity index (χ1n) is 9.45. The topological polar surface area (TPSA) is 26.3 Å². The van der Waals surface area contributed by atoms with Crippen LogP contribution in [0.4, 0.5) is 0 Å². The monoisotopic (exact) mass is 320 g/mol. The summed E-state index contributed by atoms with van der Waals surface area (Å²) >= 11 is 0. The van der Waals surface area contributed by atoms with Crippen molar-refractivity contribution in [1.29, 1.82) is 0 Å². The molecule has 2 nitrogen and oxygen atoms in total. The first-order valence-corrected chi connectivity index (χ1v) is 9.45. The Labute approximate surface area is 143 Å². The van der Waals surface area contributed by atoms with Crippen LogP contribution in [0.5, 0.6) is 0 Å². The minimum absolute atomic E-state index is 0.0367. The molecule has 0 atom stereocenters. The molecule has 0 heterocycles. The lowest BCUT2D eigenvalue weighted by Crippen LogP contribution is -2.04. The van der Waals surface area contributed by atoms with E-state index in [1.807, 2.05) is 6.92 Å². The van der Waals surface area contributed by atoms with Crippen LogP contribution in [0, 0.1) is 0 Å². The molecule has 0 aromatic rings. The highest BCUT2D eigenvalue weighted by molar-refractivity contribution is 5.69. The second kappa shape index (κ2) is 18.7. The summed E-state index contributed by atoms with van der Waals surface area (Å²) in [7, 11) is 0. The molecule has 0 aromatic heterocycles. The molecule has 23 heavy (non-hydrogen) atoms. The molecule has 0 N–H and O–H groups in total. The summed E-state index contributed by atoms with van der Waals surface area (Å²) in [5, 5.41) is 0. The van der Waals surface area contributed by atoms with Crippen molar-refractivity contribution < 1.29 is 9.53 Å². The Morgan fingerprint density at radius 2 is 1.35 bits per heavy atom. The summed E-state index contributed by atoms with van der Waals surface area (Å²) in [6, 6.07) is 0. The highest BCUT2D eigenvalue weighted by Gasteiger charge is 2.00. The molecule has 0 bridgehead atoms. The third-order valence-corrected chi connectivity index (χ3v) is 3.55. The Bertz CT molecular complexity index is 340. The van der Waals surface area contributed by atoms with Crippen molar-refractivity contribution in [2.24, 2.45) is 0 Å². The Morgan fingerprint density at radius 1 is 0.739 bits per heavy atom. The Kier molecular flexibility index (Phi) is 17.7. The molecule has 0 unspecified atom stereocenters. The van der Waals surface area contributed by atoms with Gasteiger partial charge in [-0.05, 0) is 32.1 Å². The van der Waals surface area contributed by atoms with Crippen LogP contribution in [0.3, 0.4) is 0 Å². The molecule has 0 saturated carbocycles. The van der Waals surface area contributed by atoms with Crippen LogP contribution >= 0.6 is 0 Å². The molecule has 0 aliphatic rings. The smallest absolute Gasteiger partial charge is 0.305 e. The van der Waals surface area contributed by atoms with Crippen molar-refractivity contribution in [2.75, 3.05) is 6.61 Å². The first-order chi connectivity index (χ1) is 11.3. The van der Waals surface area contributed by atoms with Gasteiger partial charge >= 0.3 is 5.97 Å². The van der Waals surface area contributed by atoms with Gasteiger partial charge in [-0.25, -0.2) is 0 Å². The SMILES string of the molecule is CCCCC=CC=CC=CCCCCCCCC(=O)OCCC. The summed E-state index contributed by atoms with van der Waals surface area (Å²) in [6.45, 7) is 4.80. The summed E-state index contributed by atoms with van der Waals surface area (Å²) < 4.78 is 5.05. The molecule has 0 aromatic carbocycles. The van der Waals surface area contributed by atoms with E-state index in [1.165, 1.54) is 38.5 Å². The molecule has 0 rings (SSSR count). The maximum absolute atomic E-state index is 11.3. The minimum Gasteiger partial charge on any atom is -0.466 e. The maximum atomic E-state index is 11.3. The number of carbonyl (C=O) groups excluding carboxylic acids is 1. The number of ether oxygens (including phenoxy) is 1. The number of esters is 1. The van der Waals surface area contributed by atoms with Gasteiger partial charge in [-0.1, -0.05) is 82.4 Å². The van der Waals surface area contributed by atoms with E-state index in [0.717, 1.165) is 25.7 Å². The zero-order valence-corrected chi connectivity index (χ0v) is 15.3. The fourth-order valence-corrected chi connectivity index (χ4v) is 2.15. The van der Waals surface area contributed by atoms with Crippen molar-refractivity contribution in [3.8, 4) is 0 Å². The van der Waals surface area contributed by atoms with E-state index in [2.05, 4.69) is 43.4 Å². The molecular weight excluding hydrogens is 284 g/mol. The van der Waals surface area contributed by atoms with Crippen LogP contribution in [-0.2, 0) is 9.53 Å². The van der Waals surface area contributed by atoms with Crippen molar-refractivity contribution in [3.05, 3.63) is 36.5 Å². The summed E-state index contributed by atoms with van der Waals surface area (Å²) in [6.07, 6.45) is 25.1. The third kappa shape index (κ3) is 18.6. The predicted octanol–water partition coefficient (Wildman–Crippen LogP) is 6.53. The normalized spacial score (nSPS) is 11.9. The maximum Gasteiger partial charge on any atom is 0.305 e. The molecule has 0 radical (unpaired) electrons. The van der Waals surface area contributed by atoms with E-state index < -0.39 is 0 Å². The van der Waals surface area contributed by atoms with Crippen LogP contribution in [0.15, 0.2) is 36.5 Å². The van der Waals surface area contributed by atoms with Gasteiger partial charge in [0.15, 0.2) is 0 Å². The Morgan fingerprint density at radius 3 is 2.00 bits per heavy atom. The molecule has 0 amide bonds. The number of allylic oxidation sites excluding steroid dienone is 6. The van der Waals surface area contributed by atoms with E-state index >= 15 is 0 Å². The zero-order chi connectivity index (χ0) is 17.0. The predicted molar refractivity (Wildman–Crippen MR) is 101 cm³/mol. The third-order valence-electron chi connectivity index (χ3n) is 3.55. The van der Waals surface area contributed by atoms with Crippen molar-refractivity contribution in [1.82, 2.24) is 0 Å². The van der Waals surface area contributed by atoms with E-state index in [4.69, 9.17) is 4.74 Å². The fourth-order valence-electron chi connectivity index (χ4n) is 2.15. The number of unbranched alkanes of at least 4 members (excludes halogenated alkanes) is 7. The van der Waals surface area contributed by atoms with Gasteiger partial charge in [-0.15, -0.1) is 0 Å². The molecular formula is C21H36O2. The van der Waals surface area contributed by atoms with E-state index in [-0.39, 0.29) is 5.97 Å². The number of carbonyl (C=O) groups is 1. The average molecular weight is 321 g/mol. The molecule has 0 saturated heterocycles. The van der Waals surface area contributed by atoms with Crippen molar-refractivity contribution in [2.45, 2.75) is 84.5 Å². The number of hydrogen-bond donors (Lipinski definition) is 0. The quantitative estimate of drug-likeness (QED) is 0.195. The van der Waals surface area contributed by atoms with Crippen LogP contribution in [0.2, 0.25) is 0 Å². The summed E-state index contributed by atoms with van der Waals surface area (Å²) in [5.41, 5.74) is 0. The van der Waals surface area contributed by atoms with Crippen molar-refractivity contribution in [3.63, 3.8) is 0 Å². The minimum atomic E-state index is -0.0367. The van der Waals surface area contributed by atoms with Gasteiger partial charge in [0.05, 0.1) is 6.61 Å². The van der Waals surface area contributed by atoms with Gasteiger partial charge in [0.2, 0.25) is 0 Å². The second-order valence-corrected chi connectivity index (χ2v) is 5.91. The highest BCUT2D eigenvalue weighted by atomic mass is 16.5. The van der Waals surface area contributed by atoms with E-state index in [9.17, 15) is 4.79 Å². The lowest BCUT2D eigenvalue weighted by Gasteiger charge is -2.02. The van der Waals surface area contributed by atoms with Gasteiger partial charge < -0.3 is 4.74 Å². The highest BCUT2D eigenvalue weighted by Crippen LogP contribution is 2.08. The van der Waals surface area contributed by atoms with Crippen LogP contribution in [-0.4, -0.2) is 12.6 Å². The van der Waals surface area contributed by atoms with Gasteiger partial charge in [0, 0.05) is 6.42 Å². The van der Waals surface area contributed by atoms with Gasteiger partial charge in [-0.3, -0.25) is 4.79 Å². The molecule has 2 heteroatoms. The van der Waals surface area contributed by atoms with Crippen LogP contribution < -0.4 is 0 Å². The van der Waals surface area contributed by atoms with E-state index in [0.29, 0.717) is 13.0 Å². The molecule has 0 spiro atoms. The summed E-state index contributed by atoms with van der Waals surface area (Å²) in [4.78, 5) is 11.3. The number of rotatable bonds is 15. The lowest BCUT2D eigenvalue weighted by molar-refractivity contribution is -0.143. The average Bonchev–Trinajstić information content (AvgIpc) is 2.56. The fraction of sp³-hybridized carbons (Fsp3) is 0.667. The van der Waals surface area contributed by atoms with Gasteiger partial charge in [-0.2, -0.15) is 0 Å². The van der Waals surface area contributed by atoms with Crippen LogP contribution in [0.1, 0.15) is 84.5 Å². The molecule has 132 valence electrons. The summed E-state index contributed by atoms with van der Waals surface area (Å²) in [5.74, 6) is -0.0367. The Hall–Kier alpha value is -1.31. The molecule has 0 aliphatic heterocycles. The zero-order valence-electron chi connectivity index (χ0n) is 15.3. The molecule has 0 fully saturated rings. The van der Waals surface area contributed by atoms with Gasteiger partial charge in [0.25, 0.3) is 0 Å².